The molecule has 5 heteroatoms. The molecule has 2 aromatic rings. The molecule has 1 N–H and O–H groups in total. The second-order valence-electron chi connectivity index (χ2n) is 4.42. The first kappa shape index (κ1) is 11.4. The minimum atomic E-state index is 0.465. The fourth-order valence-corrected chi connectivity index (χ4v) is 3.70. The van der Waals surface area contributed by atoms with Crippen molar-refractivity contribution in [2.24, 2.45) is 0 Å². The van der Waals surface area contributed by atoms with E-state index in [2.05, 4.69) is 50.0 Å². The predicted molar refractivity (Wildman–Crippen MR) is 74.2 cm³/mol. The zero-order chi connectivity index (χ0) is 11.8. The SMILES string of the molecule is CN1CCC[C@H]1c1ncc(-c2ccc(Br)s2)[nH]1. The van der Waals surface area contributed by atoms with E-state index in [1.54, 1.807) is 11.3 Å². The molecule has 0 spiro atoms. The van der Waals surface area contributed by atoms with Gasteiger partial charge in [-0.3, -0.25) is 4.90 Å². The van der Waals surface area contributed by atoms with Crippen LogP contribution in [0.1, 0.15) is 24.7 Å². The van der Waals surface area contributed by atoms with Gasteiger partial charge in [-0.15, -0.1) is 11.3 Å². The maximum atomic E-state index is 4.53. The number of hydrogen-bond acceptors (Lipinski definition) is 3. The maximum absolute atomic E-state index is 4.53. The molecule has 1 aliphatic heterocycles. The van der Waals surface area contributed by atoms with E-state index in [9.17, 15) is 0 Å². The van der Waals surface area contributed by atoms with Crippen LogP contribution in [0.25, 0.3) is 10.6 Å². The van der Waals surface area contributed by atoms with Gasteiger partial charge in [-0.25, -0.2) is 4.98 Å². The maximum Gasteiger partial charge on any atom is 0.123 e. The highest BCUT2D eigenvalue weighted by molar-refractivity contribution is 9.11. The minimum Gasteiger partial charge on any atom is -0.340 e. The lowest BCUT2D eigenvalue weighted by Crippen LogP contribution is -2.18. The fraction of sp³-hybridized carbons (Fsp3) is 0.417. The number of nitrogens with zero attached hydrogens (tertiary/aromatic N) is 2. The van der Waals surface area contributed by atoms with Crippen molar-refractivity contribution in [1.82, 2.24) is 14.9 Å². The fourth-order valence-electron chi connectivity index (χ4n) is 2.35. The summed E-state index contributed by atoms with van der Waals surface area (Å²) in [4.78, 5) is 11.6. The zero-order valence-corrected chi connectivity index (χ0v) is 12.0. The number of rotatable bonds is 2. The van der Waals surface area contributed by atoms with Gasteiger partial charge in [0, 0.05) is 0 Å². The van der Waals surface area contributed by atoms with E-state index in [0.717, 1.165) is 15.3 Å². The molecule has 0 unspecified atom stereocenters. The van der Waals surface area contributed by atoms with Crippen LogP contribution in [-0.2, 0) is 0 Å². The van der Waals surface area contributed by atoms with Crippen molar-refractivity contribution in [3.8, 4) is 10.6 Å². The molecule has 0 bridgehead atoms. The summed E-state index contributed by atoms with van der Waals surface area (Å²) in [6.07, 6.45) is 4.42. The van der Waals surface area contributed by atoms with Gasteiger partial charge in [0.05, 0.1) is 26.6 Å². The van der Waals surface area contributed by atoms with E-state index in [0.29, 0.717) is 6.04 Å². The lowest BCUT2D eigenvalue weighted by atomic mass is 10.2. The third kappa shape index (κ3) is 2.19. The summed E-state index contributed by atoms with van der Waals surface area (Å²) in [5.74, 6) is 1.10. The molecule has 17 heavy (non-hydrogen) atoms. The average Bonchev–Trinajstić information content (AvgIpc) is 2.97. The summed E-state index contributed by atoms with van der Waals surface area (Å²) in [5.41, 5.74) is 1.12. The van der Waals surface area contributed by atoms with Crippen LogP contribution in [0.3, 0.4) is 0 Å². The Bertz CT molecular complexity index is 519. The van der Waals surface area contributed by atoms with Crippen molar-refractivity contribution in [2.45, 2.75) is 18.9 Å². The third-order valence-corrected chi connectivity index (χ3v) is 4.93. The number of likely N-dealkylation sites (tertiary alicyclic amines) is 1. The molecule has 0 aliphatic carbocycles. The summed E-state index contributed by atoms with van der Waals surface area (Å²) in [6, 6.07) is 4.65. The van der Waals surface area contributed by atoms with Crippen LogP contribution >= 0.6 is 27.3 Å². The predicted octanol–water partition coefficient (Wildman–Crippen LogP) is 3.67. The first-order chi connectivity index (χ1) is 8.24. The van der Waals surface area contributed by atoms with Crippen LogP contribution in [0.4, 0.5) is 0 Å². The Labute approximate surface area is 113 Å². The topological polar surface area (TPSA) is 31.9 Å². The molecule has 0 aromatic carbocycles. The van der Waals surface area contributed by atoms with Gasteiger partial charge in [-0.2, -0.15) is 0 Å². The number of H-pyrrole nitrogens is 1. The number of aromatic amines is 1. The number of thiophene rings is 1. The molecule has 0 amide bonds. The first-order valence-corrected chi connectivity index (χ1v) is 7.36. The van der Waals surface area contributed by atoms with Gasteiger partial charge in [0.1, 0.15) is 5.82 Å². The van der Waals surface area contributed by atoms with E-state index in [-0.39, 0.29) is 0 Å². The van der Waals surface area contributed by atoms with Crippen molar-refractivity contribution in [3.05, 3.63) is 27.9 Å². The molecule has 1 atom stereocenters. The quantitative estimate of drug-likeness (QED) is 0.917. The van der Waals surface area contributed by atoms with Gasteiger partial charge >= 0.3 is 0 Å². The highest BCUT2D eigenvalue weighted by Crippen LogP contribution is 2.33. The Kier molecular flexibility index (Phi) is 3.06. The standard InChI is InChI=1S/C12H14BrN3S/c1-16-6-2-3-9(16)12-14-7-8(15-12)10-4-5-11(13)17-10/h4-5,7,9H,2-3,6H2,1H3,(H,14,15)/t9-/m0/s1. The summed E-state index contributed by atoms with van der Waals surface area (Å²) >= 11 is 5.22. The molecule has 0 radical (unpaired) electrons. The summed E-state index contributed by atoms with van der Waals surface area (Å²) in [5, 5.41) is 0. The molecular weight excluding hydrogens is 298 g/mol. The average molecular weight is 312 g/mol. The van der Waals surface area contributed by atoms with Crippen LogP contribution in [-0.4, -0.2) is 28.5 Å². The summed E-state index contributed by atoms with van der Waals surface area (Å²) in [6.45, 7) is 1.17. The molecule has 1 aliphatic rings. The highest BCUT2D eigenvalue weighted by Gasteiger charge is 2.25. The van der Waals surface area contributed by atoms with Gasteiger partial charge in [0.2, 0.25) is 0 Å². The van der Waals surface area contributed by atoms with Crippen LogP contribution in [0, 0.1) is 0 Å². The molecule has 90 valence electrons. The van der Waals surface area contributed by atoms with Crippen molar-refractivity contribution >= 4 is 27.3 Å². The van der Waals surface area contributed by atoms with Crippen LogP contribution < -0.4 is 0 Å². The number of aromatic nitrogens is 2. The monoisotopic (exact) mass is 311 g/mol. The lowest BCUT2D eigenvalue weighted by Gasteiger charge is -2.16. The molecule has 3 rings (SSSR count). The number of imidazole rings is 1. The van der Waals surface area contributed by atoms with E-state index in [4.69, 9.17) is 0 Å². The molecule has 1 saturated heterocycles. The van der Waals surface area contributed by atoms with E-state index >= 15 is 0 Å². The van der Waals surface area contributed by atoms with E-state index in [1.165, 1.54) is 24.3 Å². The van der Waals surface area contributed by atoms with Crippen LogP contribution in [0.5, 0.6) is 0 Å². The van der Waals surface area contributed by atoms with Crippen LogP contribution in [0.15, 0.2) is 22.1 Å². The lowest BCUT2D eigenvalue weighted by molar-refractivity contribution is 0.307. The molecule has 1 fully saturated rings. The zero-order valence-electron chi connectivity index (χ0n) is 9.61. The van der Waals surface area contributed by atoms with Gasteiger partial charge in [0.15, 0.2) is 0 Å². The Morgan fingerprint density at radius 3 is 3.06 bits per heavy atom. The first-order valence-electron chi connectivity index (χ1n) is 5.75. The molecule has 3 heterocycles. The number of halogens is 1. The Morgan fingerprint density at radius 2 is 2.41 bits per heavy atom. The molecule has 3 nitrogen and oxygen atoms in total. The number of hydrogen-bond donors (Lipinski definition) is 1. The molecule has 2 aromatic heterocycles. The Morgan fingerprint density at radius 1 is 1.53 bits per heavy atom. The summed E-state index contributed by atoms with van der Waals surface area (Å²) < 4.78 is 1.15. The van der Waals surface area contributed by atoms with Crippen molar-refractivity contribution < 1.29 is 0 Å². The third-order valence-electron chi connectivity index (χ3n) is 3.27. The van der Waals surface area contributed by atoms with Gasteiger partial charge in [0.25, 0.3) is 0 Å². The number of nitrogens with one attached hydrogen (secondary N) is 1. The van der Waals surface area contributed by atoms with Crippen molar-refractivity contribution in [3.63, 3.8) is 0 Å². The smallest absolute Gasteiger partial charge is 0.123 e. The van der Waals surface area contributed by atoms with Crippen molar-refractivity contribution in [1.29, 1.82) is 0 Å². The largest absolute Gasteiger partial charge is 0.340 e. The normalized spacial score (nSPS) is 21.2. The van der Waals surface area contributed by atoms with E-state index in [1.807, 2.05) is 6.20 Å². The molecular formula is C12H14BrN3S. The molecule has 0 saturated carbocycles. The second-order valence-corrected chi connectivity index (χ2v) is 6.89. The van der Waals surface area contributed by atoms with Gasteiger partial charge in [-0.1, -0.05) is 0 Å². The Balaban J connectivity index is 1.87. The van der Waals surface area contributed by atoms with Crippen LogP contribution in [0.2, 0.25) is 0 Å². The van der Waals surface area contributed by atoms with Gasteiger partial charge < -0.3 is 4.98 Å². The van der Waals surface area contributed by atoms with E-state index < -0.39 is 0 Å². The second kappa shape index (κ2) is 4.55. The minimum absolute atomic E-state index is 0.465. The van der Waals surface area contributed by atoms with Crippen molar-refractivity contribution in [2.75, 3.05) is 13.6 Å². The Hall–Kier alpha value is -0.650. The van der Waals surface area contributed by atoms with Gasteiger partial charge in [-0.05, 0) is 54.5 Å². The summed E-state index contributed by atoms with van der Waals surface area (Å²) in [7, 11) is 2.17. The highest BCUT2D eigenvalue weighted by atomic mass is 79.9.